The number of rotatable bonds is 3. The molecule has 3 N–H and O–H groups in total. The summed E-state index contributed by atoms with van der Waals surface area (Å²) in [6.45, 7) is 0.775. The van der Waals surface area contributed by atoms with Crippen molar-refractivity contribution in [1.82, 2.24) is 14.5 Å². The average molecular weight is 189 g/mol. The molecule has 2 heterocycles. The maximum atomic E-state index is 5.26. The van der Waals surface area contributed by atoms with Crippen LogP contribution in [-0.2, 0) is 6.54 Å². The monoisotopic (exact) mass is 189 g/mol. The first kappa shape index (κ1) is 8.71. The summed E-state index contributed by atoms with van der Waals surface area (Å²) >= 11 is 0. The second-order valence-electron chi connectivity index (χ2n) is 2.93. The van der Waals surface area contributed by atoms with E-state index in [0.29, 0.717) is 5.82 Å². The molecule has 0 fully saturated rings. The first-order valence-corrected chi connectivity index (χ1v) is 4.26. The standard InChI is InChI=1S/C9H11N5/c10-13-9-5-8(1-2-12-9)6-14-4-3-11-7-14/h1-5,7H,6,10H2,(H,12,13). The van der Waals surface area contributed by atoms with E-state index < -0.39 is 0 Å². The highest BCUT2D eigenvalue weighted by atomic mass is 15.2. The zero-order chi connectivity index (χ0) is 9.80. The minimum Gasteiger partial charge on any atom is -0.333 e. The third-order valence-electron chi connectivity index (χ3n) is 1.90. The number of hydrogen-bond acceptors (Lipinski definition) is 4. The molecule has 0 aromatic carbocycles. The Morgan fingerprint density at radius 1 is 1.43 bits per heavy atom. The molecule has 5 nitrogen and oxygen atoms in total. The van der Waals surface area contributed by atoms with E-state index in [1.165, 1.54) is 0 Å². The Labute approximate surface area is 81.6 Å². The predicted molar refractivity (Wildman–Crippen MR) is 53.4 cm³/mol. The van der Waals surface area contributed by atoms with Crippen molar-refractivity contribution < 1.29 is 0 Å². The number of nitrogens with zero attached hydrogens (tertiary/aromatic N) is 3. The fraction of sp³-hybridized carbons (Fsp3) is 0.111. The predicted octanol–water partition coefficient (Wildman–Crippen LogP) is 0.612. The lowest BCUT2D eigenvalue weighted by atomic mass is 10.2. The van der Waals surface area contributed by atoms with Crippen molar-refractivity contribution in [1.29, 1.82) is 0 Å². The molecule has 0 unspecified atom stereocenters. The van der Waals surface area contributed by atoms with Crippen LogP contribution in [0.2, 0.25) is 0 Å². The van der Waals surface area contributed by atoms with Crippen LogP contribution in [0.25, 0.3) is 0 Å². The SMILES string of the molecule is NNc1cc(Cn2ccnc2)ccn1. The van der Waals surface area contributed by atoms with Gasteiger partial charge in [0, 0.05) is 25.1 Å². The van der Waals surface area contributed by atoms with Crippen LogP contribution in [0.1, 0.15) is 5.56 Å². The summed E-state index contributed by atoms with van der Waals surface area (Å²) in [7, 11) is 0. The molecular weight excluding hydrogens is 178 g/mol. The summed E-state index contributed by atoms with van der Waals surface area (Å²) in [4.78, 5) is 7.99. The van der Waals surface area contributed by atoms with Crippen LogP contribution in [0.4, 0.5) is 5.82 Å². The Bertz CT molecular complexity index is 395. The number of nitrogens with one attached hydrogen (secondary N) is 1. The highest BCUT2D eigenvalue weighted by molar-refractivity contribution is 5.35. The highest BCUT2D eigenvalue weighted by Crippen LogP contribution is 2.06. The van der Waals surface area contributed by atoms with Gasteiger partial charge in [0.25, 0.3) is 0 Å². The normalized spacial score (nSPS) is 10.1. The Hall–Kier alpha value is -1.88. The molecule has 0 radical (unpaired) electrons. The fourth-order valence-corrected chi connectivity index (χ4v) is 1.24. The van der Waals surface area contributed by atoms with E-state index >= 15 is 0 Å². The van der Waals surface area contributed by atoms with E-state index in [2.05, 4.69) is 15.4 Å². The molecule has 0 aliphatic rings. The molecule has 14 heavy (non-hydrogen) atoms. The number of hydrazine groups is 1. The number of nitrogen functional groups attached to an aromatic ring is 1. The first-order valence-electron chi connectivity index (χ1n) is 4.26. The van der Waals surface area contributed by atoms with Gasteiger partial charge >= 0.3 is 0 Å². The third-order valence-corrected chi connectivity index (χ3v) is 1.90. The molecule has 0 saturated heterocycles. The van der Waals surface area contributed by atoms with Crippen LogP contribution >= 0.6 is 0 Å². The quantitative estimate of drug-likeness (QED) is 0.548. The molecule has 5 heteroatoms. The summed E-state index contributed by atoms with van der Waals surface area (Å²) in [5.41, 5.74) is 3.64. The van der Waals surface area contributed by atoms with Gasteiger partial charge in [0.05, 0.1) is 6.33 Å². The minimum absolute atomic E-state index is 0.669. The Morgan fingerprint density at radius 2 is 2.36 bits per heavy atom. The van der Waals surface area contributed by atoms with Crippen molar-refractivity contribution in [2.75, 3.05) is 5.43 Å². The lowest BCUT2D eigenvalue weighted by Gasteiger charge is -2.04. The van der Waals surface area contributed by atoms with E-state index in [4.69, 9.17) is 5.84 Å². The number of aromatic nitrogens is 3. The molecule has 2 aromatic rings. The average Bonchev–Trinajstić information content (AvgIpc) is 2.71. The van der Waals surface area contributed by atoms with Gasteiger partial charge in [-0.25, -0.2) is 15.8 Å². The summed E-state index contributed by atoms with van der Waals surface area (Å²) in [6.07, 6.45) is 7.16. The fourth-order valence-electron chi connectivity index (χ4n) is 1.24. The van der Waals surface area contributed by atoms with Crippen LogP contribution in [0.15, 0.2) is 37.1 Å². The summed E-state index contributed by atoms with van der Waals surface area (Å²) < 4.78 is 1.98. The summed E-state index contributed by atoms with van der Waals surface area (Å²) in [5, 5.41) is 0. The second kappa shape index (κ2) is 3.89. The van der Waals surface area contributed by atoms with Crippen molar-refractivity contribution >= 4 is 5.82 Å². The summed E-state index contributed by atoms with van der Waals surface area (Å²) in [5.74, 6) is 5.93. The van der Waals surface area contributed by atoms with Gasteiger partial charge in [-0.05, 0) is 17.7 Å². The second-order valence-corrected chi connectivity index (χ2v) is 2.93. The molecule has 0 spiro atoms. The lowest BCUT2D eigenvalue weighted by molar-refractivity contribution is 0.796. The Balaban J connectivity index is 2.17. The van der Waals surface area contributed by atoms with Gasteiger partial charge in [-0.3, -0.25) is 0 Å². The Morgan fingerprint density at radius 3 is 3.07 bits per heavy atom. The number of anilines is 1. The maximum Gasteiger partial charge on any atom is 0.140 e. The molecule has 0 aliphatic carbocycles. The van der Waals surface area contributed by atoms with Crippen molar-refractivity contribution in [3.05, 3.63) is 42.6 Å². The van der Waals surface area contributed by atoms with E-state index in [9.17, 15) is 0 Å². The van der Waals surface area contributed by atoms with E-state index in [0.717, 1.165) is 12.1 Å². The van der Waals surface area contributed by atoms with E-state index in [1.54, 1.807) is 18.7 Å². The number of nitrogens with two attached hydrogens (primary N) is 1. The first-order chi connectivity index (χ1) is 6.88. The van der Waals surface area contributed by atoms with Gasteiger partial charge in [-0.2, -0.15) is 0 Å². The third kappa shape index (κ3) is 1.89. The van der Waals surface area contributed by atoms with Crippen LogP contribution in [-0.4, -0.2) is 14.5 Å². The van der Waals surface area contributed by atoms with Gasteiger partial charge in [-0.15, -0.1) is 0 Å². The van der Waals surface area contributed by atoms with E-state index in [1.807, 2.05) is 22.9 Å². The molecule has 72 valence electrons. The van der Waals surface area contributed by atoms with Gasteiger partial charge in [0.2, 0.25) is 0 Å². The van der Waals surface area contributed by atoms with Gasteiger partial charge in [0.15, 0.2) is 0 Å². The van der Waals surface area contributed by atoms with Crippen molar-refractivity contribution in [3.63, 3.8) is 0 Å². The molecule has 2 aromatic heterocycles. The lowest BCUT2D eigenvalue weighted by Crippen LogP contribution is -2.09. The molecule has 0 atom stereocenters. The van der Waals surface area contributed by atoms with Crippen molar-refractivity contribution in [2.24, 2.45) is 5.84 Å². The molecular formula is C9H11N5. The number of hydrogen-bond donors (Lipinski definition) is 2. The zero-order valence-electron chi connectivity index (χ0n) is 7.59. The zero-order valence-corrected chi connectivity index (χ0v) is 7.59. The number of imidazole rings is 1. The van der Waals surface area contributed by atoms with Gasteiger partial charge < -0.3 is 9.99 Å². The Kier molecular flexibility index (Phi) is 2.42. The maximum absolute atomic E-state index is 5.26. The van der Waals surface area contributed by atoms with Gasteiger partial charge in [0.1, 0.15) is 5.82 Å². The molecule has 0 bridgehead atoms. The van der Waals surface area contributed by atoms with Crippen LogP contribution in [0.5, 0.6) is 0 Å². The van der Waals surface area contributed by atoms with Crippen LogP contribution < -0.4 is 11.3 Å². The van der Waals surface area contributed by atoms with Crippen LogP contribution in [0.3, 0.4) is 0 Å². The van der Waals surface area contributed by atoms with E-state index in [-0.39, 0.29) is 0 Å². The molecule has 0 aliphatic heterocycles. The largest absolute Gasteiger partial charge is 0.333 e. The smallest absolute Gasteiger partial charge is 0.140 e. The topological polar surface area (TPSA) is 68.8 Å². The van der Waals surface area contributed by atoms with Gasteiger partial charge in [-0.1, -0.05) is 0 Å². The summed E-state index contributed by atoms with van der Waals surface area (Å²) in [6, 6.07) is 3.85. The van der Waals surface area contributed by atoms with Crippen molar-refractivity contribution in [3.8, 4) is 0 Å². The van der Waals surface area contributed by atoms with Crippen LogP contribution in [0, 0.1) is 0 Å². The molecule has 2 rings (SSSR count). The van der Waals surface area contributed by atoms with Crippen molar-refractivity contribution in [2.45, 2.75) is 6.54 Å². The highest BCUT2D eigenvalue weighted by Gasteiger charge is 1.96. The molecule has 0 amide bonds. The molecule has 0 saturated carbocycles. The minimum atomic E-state index is 0.669. The number of pyridine rings is 1.